The van der Waals surface area contributed by atoms with Gasteiger partial charge in [0.15, 0.2) is 5.96 Å². The van der Waals surface area contributed by atoms with Gasteiger partial charge in [0, 0.05) is 19.5 Å². The maximum Gasteiger partial charge on any atom is 0.191 e. The summed E-state index contributed by atoms with van der Waals surface area (Å²) < 4.78 is 5.35. The van der Waals surface area contributed by atoms with Crippen molar-refractivity contribution in [2.75, 3.05) is 19.7 Å². The zero-order chi connectivity index (χ0) is 16.3. The van der Waals surface area contributed by atoms with Crippen molar-refractivity contribution in [3.05, 3.63) is 24.2 Å². The van der Waals surface area contributed by atoms with E-state index in [1.165, 1.54) is 32.1 Å². The molecule has 130 valence electrons. The van der Waals surface area contributed by atoms with Crippen LogP contribution in [0.1, 0.15) is 51.2 Å². The van der Waals surface area contributed by atoms with Gasteiger partial charge in [-0.1, -0.05) is 26.2 Å². The number of aliphatic imine (C=N–C) groups is 1. The molecule has 1 heterocycles. The molecule has 1 aliphatic carbocycles. The molecule has 0 bridgehead atoms. The molecule has 1 aliphatic rings. The summed E-state index contributed by atoms with van der Waals surface area (Å²) in [6.07, 6.45) is 10.0. The van der Waals surface area contributed by atoms with Crippen LogP contribution in [-0.4, -0.2) is 36.8 Å². The topological polar surface area (TPSA) is 69.8 Å². The Balaban J connectivity index is 1.84. The molecule has 5 nitrogen and oxygen atoms in total. The van der Waals surface area contributed by atoms with Gasteiger partial charge < -0.3 is 20.2 Å². The molecule has 0 spiro atoms. The molecule has 5 heteroatoms. The Bertz CT molecular complexity index is 435. The number of nitrogens with one attached hydrogen (secondary N) is 2. The standard InChI is InChI=1S/C18H31N3O2/c1-2-16(14-22)21-18(19-11-10-17-9-6-12-23-17)20-13-15-7-4-3-5-8-15/h6,9,12,15-16,22H,2-5,7-8,10-11,13-14H2,1H3,(H2,19,20,21)/t16-/m1/s1. The predicted molar refractivity (Wildman–Crippen MR) is 93.6 cm³/mol. The summed E-state index contributed by atoms with van der Waals surface area (Å²) in [5, 5.41) is 16.1. The fourth-order valence-corrected chi connectivity index (χ4v) is 2.97. The molecule has 0 radical (unpaired) electrons. The summed E-state index contributed by atoms with van der Waals surface area (Å²) in [6.45, 7) is 3.83. The van der Waals surface area contributed by atoms with E-state index in [1.54, 1.807) is 6.26 Å². The summed E-state index contributed by atoms with van der Waals surface area (Å²) in [6, 6.07) is 3.94. The highest BCUT2D eigenvalue weighted by molar-refractivity contribution is 5.80. The van der Waals surface area contributed by atoms with Crippen molar-refractivity contribution in [3.63, 3.8) is 0 Å². The van der Waals surface area contributed by atoms with Crippen molar-refractivity contribution >= 4 is 5.96 Å². The lowest BCUT2D eigenvalue weighted by molar-refractivity contribution is 0.251. The van der Waals surface area contributed by atoms with Crippen LogP contribution in [-0.2, 0) is 6.42 Å². The molecule has 0 amide bonds. The molecular formula is C18H31N3O2. The van der Waals surface area contributed by atoms with Crippen LogP contribution >= 0.6 is 0 Å². The van der Waals surface area contributed by atoms with Crippen LogP contribution in [0, 0.1) is 5.92 Å². The van der Waals surface area contributed by atoms with Gasteiger partial charge in [0.1, 0.15) is 5.76 Å². The lowest BCUT2D eigenvalue weighted by Crippen LogP contribution is -2.45. The van der Waals surface area contributed by atoms with E-state index >= 15 is 0 Å². The minimum atomic E-state index is 0.0521. The summed E-state index contributed by atoms with van der Waals surface area (Å²) in [7, 11) is 0. The fraction of sp³-hybridized carbons (Fsp3) is 0.722. The van der Waals surface area contributed by atoms with E-state index in [2.05, 4.69) is 17.6 Å². The summed E-state index contributed by atoms with van der Waals surface area (Å²) in [4.78, 5) is 4.75. The number of guanidine groups is 1. The quantitative estimate of drug-likeness (QED) is 0.508. The van der Waals surface area contributed by atoms with Gasteiger partial charge in [-0.3, -0.25) is 4.99 Å². The van der Waals surface area contributed by atoms with E-state index in [0.29, 0.717) is 5.92 Å². The van der Waals surface area contributed by atoms with Gasteiger partial charge in [0.05, 0.1) is 18.9 Å². The van der Waals surface area contributed by atoms with Crippen molar-refractivity contribution in [1.82, 2.24) is 10.6 Å². The predicted octanol–water partition coefficient (Wildman–Crippen LogP) is 2.71. The average molecular weight is 321 g/mol. The minimum Gasteiger partial charge on any atom is -0.469 e. The molecule has 1 atom stereocenters. The molecular weight excluding hydrogens is 290 g/mol. The lowest BCUT2D eigenvalue weighted by Gasteiger charge is -2.22. The van der Waals surface area contributed by atoms with E-state index < -0.39 is 0 Å². The second-order valence-corrected chi connectivity index (χ2v) is 6.38. The van der Waals surface area contributed by atoms with Crippen molar-refractivity contribution in [2.24, 2.45) is 10.9 Å². The largest absolute Gasteiger partial charge is 0.469 e. The summed E-state index contributed by atoms with van der Waals surface area (Å²) in [5.74, 6) is 2.49. The van der Waals surface area contributed by atoms with Crippen molar-refractivity contribution in [2.45, 2.75) is 57.9 Å². The molecule has 1 fully saturated rings. The number of hydrogen-bond donors (Lipinski definition) is 3. The summed E-state index contributed by atoms with van der Waals surface area (Å²) >= 11 is 0. The van der Waals surface area contributed by atoms with Gasteiger partial charge in [0.2, 0.25) is 0 Å². The molecule has 3 N–H and O–H groups in total. The first kappa shape index (κ1) is 17.9. The third-order valence-electron chi connectivity index (χ3n) is 4.53. The van der Waals surface area contributed by atoms with E-state index in [9.17, 15) is 5.11 Å². The third kappa shape index (κ3) is 6.65. The van der Waals surface area contributed by atoms with E-state index in [1.807, 2.05) is 12.1 Å². The monoisotopic (exact) mass is 321 g/mol. The van der Waals surface area contributed by atoms with Crippen LogP contribution in [0.3, 0.4) is 0 Å². The molecule has 0 aliphatic heterocycles. The zero-order valence-corrected chi connectivity index (χ0v) is 14.3. The molecule has 0 unspecified atom stereocenters. The Morgan fingerprint density at radius 2 is 2.22 bits per heavy atom. The van der Waals surface area contributed by atoms with Crippen LogP contribution in [0.4, 0.5) is 0 Å². The van der Waals surface area contributed by atoms with Gasteiger partial charge in [-0.15, -0.1) is 0 Å². The average Bonchev–Trinajstić information content (AvgIpc) is 3.11. The molecule has 1 saturated carbocycles. The van der Waals surface area contributed by atoms with Gasteiger partial charge in [0.25, 0.3) is 0 Å². The highest BCUT2D eigenvalue weighted by Crippen LogP contribution is 2.23. The highest BCUT2D eigenvalue weighted by atomic mass is 16.3. The number of aliphatic hydroxyl groups is 1. The van der Waals surface area contributed by atoms with Crippen molar-refractivity contribution < 1.29 is 9.52 Å². The Kier molecular flexibility index (Phi) is 8.01. The van der Waals surface area contributed by atoms with Gasteiger partial charge in [-0.2, -0.15) is 0 Å². The molecule has 23 heavy (non-hydrogen) atoms. The Morgan fingerprint density at radius 1 is 1.39 bits per heavy atom. The number of hydrogen-bond acceptors (Lipinski definition) is 3. The van der Waals surface area contributed by atoms with Gasteiger partial charge in [-0.05, 0) is 37.3 Å². The SMILES string of the molecule is CC[C@H](CO)NC(=NCC1CCCCC1)NCCc1ccco1. The third-order valence-corrected chi connectivity index (χ3v) is 4.53. The Morgan fingerprint density at radius 3 is 2.87 bits per heavy atom. The minimum absolute atomic E-state index is 0.0521. The second-order valence-electron chi connectivity index (χ2n) is 6.38. The van der Waals surface area contributed by atoms with E-state index in [-0.39, 0.29) is 12.6 Å². The number of rotatable bonds is 8. The van der Waals surface area contributed by atoms with Crippen LogP contribution in [0.15, 0.2) is 27.8 Å². The lowest BCUT2D eigenvalue weighted by atomic mass is 9.89. The van der Waals surface area contributed by atoms with Crippen molar-refractivity contribution in [1.29, 1.82) is 0 Å². The zero-order valence-electron chi connectivity index (χ0n) is 14.3. The second kappa shape index (κ2) is 10.3. The summed E-state index contributed by atoms with van der Waals surface area (Å²) in [5.41, 5.74) is 0. The van der Waals surface area contributed by atoms with Crippen LogP contribution in [0.2, 0.25) is 0 Å². The van der Waals surface area contributed by atoms with E-state index in [0.717, 1.165) is 37.7 Å². The normalized spacial score (nSPS) is 17.9. The molecule has 0 saturated heterocycles. The van der Waals surface area contributed by atoms with Gasteiger partial charge in [-0.25, -0.2) is 0 Å². The van der Waals surface area contributed by atoms with Gasteiger partial charge >= 0.3 is 0 Å². The number of nitrogens with zero attached hydrogens (tertiary/aromatic N) is 1. The van der Waals surface area contributed by atoms with Crippen LogP contribution in [0.5, 0.6) is 0 Å². The smallest absolute Gasteiger partial charge is 0.191 e. The Hall–Kier alpha value is -1.49. The first-order chi connectivity index (χ1) is 11.3. The number of aliphatic hydroxyl groups excluding tert-OH is 1. The molecule has 1 aromatic heterocycles. The highest BCUT2D eigenvalue weighted by Gasteiger charge is 2.14. The Labute approximate surface area is 139 Å². The van der Waals surface area contributed by atoms with Crippen LogP contribution < -0.4 is 10.6 Å². The first-order valence-corrected chi connectivity index (χ1v) is 9.00. The fourth-order valence-electron chi connectivity index (χ4n) is 2.97. The molecule has 2 rings (SSSR count). The maximum atomic E-state index is 9.41. The molecule has 0 aromatic carbocycles. The first-order valence-electron chi connectivity index (χ1n) is 9.00. The number of furan rings is 1. The molecule has 1 aromatic rings. The van der Waals surface area contributed by atoms with Crippen molar-refractivity contribution in [3.8, 4) is 0 Å². The maximum absolute atomic E-state index is 9.41. The van der Waals surface area contributed by atoms with Crippen LogP contribution in [0.25, 0.3) is 0 Å². The van der Waals surface area contributed by atoms with E-state index in [4.69, 9.17) is 9.41 Å².